The van der Waals surface area contributed by atoms with Crippen molar-refractivity contribution in [1.82, 2.24) is 5.32 Å². The largest absolute Gasteiger partial charge is 0.481 e. The summed E-state index contributed by atoms with van der Waals surface area (Å²) in [6.07, 6.45) is -0.436. The number of hydrogen-bond donors (Lipinski definition) is 2. The molecule has 0 aliphatic carbocycles. The maximum atomic E-state index is 11.5. The SMILES string of the molecule is CC(C)(C)OC(=O)NC(CCC(=O)CBr)CC(=O)O. The summed E-state index contributed by atoms with van der Waals surface area (Å²) in [5, 5.41) is 11.5. The summed E-state index contributed by atoms with van der Waals surface area (Å²) in [4.78, 5) is 33.4. The number of carboxylic acid groups (broad SMARTS) is 1. The highest BCUT2D eigenvalue weighted by molar-refractivity contribution is 9.09. The van der Waals surface area contributed by atoms with Crippen LogP contribution >= 0.6 is 15.9 Å². The Bertz CT molecular complexity index is 338. The van der Waals surface area contributed by atoms with E-state index >= 15 is 0 Å². The number of Topliss-reactive ketones (excluding diaryl/α,β-unsaturated/α-hetero) is 1. The third-order valence-corrected chi connectivity index (χ3v) is 2.69. The van der Waals surface area contributed by atoms with Gasteiger partial charge in [-0.3, -0.25) is 9.59 Å². The van der Waals surface area contributed by atoms with Crippen LogP contribution in [0.2, 0.25) is 0 Å². The van der Waals surface area contributed by atoms with E-state index in [2.05, 4.69) is 21.2 Å². The van der Waals surface area contributed by atoms with Crippen molar-refractivity contribution < 1.29 is 24.2 Å². The van der Waals surface area contributed by atoms with E-state index in [0.717, 1.165) is 0 Å². The van der Waals surface area contributed by atoms with E-state index in [9.17, 15) is 14.4 Å². The molecule has 0 rings (SSSR count). The fourth-order valence-corrected chi connectivity index (χ4v) is 1.59. The number of ketones is 1. The van der Waals surface area contributed by atoms with Gasteiger partial charge in [-0.15, -0.1) is 0 Å². The number of nitrogens with one attached hydrogen (secondary N) is 1. The maximum Gasteiger partial charge on any atom is 0.407 e. The van der Waals surface area contributed by atoms with Gasteiger partial charge in [0.1, 0.15) is 11.4 Å². The number of carbonyl (C=O) groups is 3. The number of hydrogen-bond acceptors (Lipinski definition) is 4. The van der Waals surface area contributed by atoms with Crippen molar-refractivity contribution in [2.75, 3.05) is 5.33 Å². The summed E-state index contributed by atoms with van der Waals surface area (Å²) in [6.45, 7) is 5.15. The van der Waals surface area contributed by atoms with Gasteiger partial charge in [0.25, 0.3) is 0 Å². The number of carboxylic acids is 1. The average molecular weight is 338 g/mol. The first kappa shape index (κ1) is 17.9. The number of amides is 1. The van der Waals surface area contributed by atoms with E-state index in [4.69, 9.17) is 9.84 Å². The molecule has 19 heavy (non-hydrogen) atoms. The van der Waals surface area contributed by atoms with E-state index in [-0.39, 0.29) is 30.4 Å². The average Bonchev–Trinajstić information content (AvgIpc) is 2.21. The van der Waals surface area contributed by atoms with Gasteiger partial charge < -0.3 is 15.2 Å². The van der Waals surface area contributed by atoms with Crippen molar-refractivity contribution in [3.8, 4) is 0 Å². The molecule has 0 aliphatic heterocycles. The van der Waals surface area contributed by atoms with Crippen LogP contribution in [0.25, 0.3) is 0 Å². The lowest BCUT2D eigenvalue weighted by Gasteiger charge is -2.22. The molecular formula is C12H20BrNO5. The van der Waals surface area contributed by atoms with Gasteiger partial charge in [-0.25, -0.2) is 4.79 Å². The molecule has 0 bridgehead atoms. The molecule has 6 nitrogen and oxygen atoms in total. The molecular weight excluding hydrogens is 318 g/mol. The Hall–Kier alpha value is -1.11. The van der Waals surface area contributed by atoms with Gasteiger partial charge in [0.2, 0.25) is 0 Å². The smallest absolute Gasteiger partial charge is 0.407 e. The van der Waals surface area contributed by atoms with E-state index in [0.29, 0.717) is 0 Å². The molecule has 1 atom stereocenters. The molecule has 0 spiro atoms. The Labute approximate surface area is 121 Å². The standard InChI is InChI=1S/C12H20BrNO5/c1-12(2,3)19-11(18)14-8(6-10(16)17)4-5-9(15)7-13/h8H,4-7H2,1-3H3,(H,14,18)(H,16,17). The first-order chi connectivity index (χ1) is 8.64. The Kier molecular flexibility index (Phi) is 7.66. The van der Waals surface area contributed by atoms with Crippen LogP contribution in [0.3, 0.4) is 0 Å². The number of halogens is 1. The van der Waals surface area contributed by atoms with Crippen molar-refractivity contribution in [1.29, 1.82) is 0 Å². The van der Waals surface area contributed by atoms with Gasteiger partial charge in [0.05, 0.1) is 11.8 Å². The zero-order valence-electron chi connectivity index (χ0n) is 11.4. The summed E-state index contributed by atoms with van der Waals surface area (Å²) < 4.78 is 5.05. The van der Waals surface area contributed by atoms with Crippen LogP contribution in [-0.2, 0) is 14.3 Å². The number of ether oxygens (including phenoxy) is 1. The van der Waals surface area contributed by atoms with Crippen molar-refractivity contribution >= 4 is 33.8 Å². The highest BCUT2D eigenvalue weighted by Gasteiger charge is 2.21. The monoisotopic (exact) mass is 337 g/mol. The van der Waals surface area contributed by atoms with Gasteiger partial charge in [-0.05, 0) is 27.2 Å². The first-order valence-corrected chi connectivity index (χ1v) is 7.05. The van der Waals surface area contributed by atoms with Gasteiger partial charge >= 0.3 is 12.1 Å². The van der Waals surface area contributed by atoms with Crippen LogP contribution in [0, 0.1) is 0 Å². The van der Waals surface area contributed by atoms with Crippen LogP contribution in [0.15, 0.2) is 0 Å². The normalized spacial score (nSPS) is 12.6. The predicted molar refractivity (Wildman–Crippen MR) is 73.4 cm³/mol. The minimum absolute atomic E-state index is 0.0404. The summed E-state index contributed by atoms with van der Waals surface area (Å²) in [7, 11) is 0. The highest BCUT2D eigenvalue weighted by Crippen LogP contribution is 2.09. The lowest BCUT2D eigenvalue weighted by atomic mass is 10.1. The third kappa shape index (κ3) is 10.5. The molecule has 0 aromatic rings. The van der Waals surface area contributed by atoms with Crippen LogP contribution in [0.5, 0.6) is 0 Å². The van der Waals surface area contributed by atoms with Crippen LogP contribution < -0.4 is 5.32 Å². The van der Waals surface area contributed by atoms with E-state index < -0.39 is 23.7 Å². The highest BCUT2D eigenvalue weighted by atomic mass is 79.9. The Morgan fingerprint density at radius 1 is 1.32 bits per heavy atom. The molecule has 0 heterocycles. The molecule has 1 amide bonds. The Morgan fingerprint density at radius 3 is 2.32 bits per heavy atom. The number of rotatable bonds is 7. The third-order valence-electron chi connectivity index (χ3n) is 2.06. The molecule has 0 aromatic carbocycles. The summed E-state index contributed by atoms with van der Waals surface area (Å²) in [6, 6.07) is -0.615. The van der Waals surface area contributed by atoms with Crippen molar-refractivity contribution in [2.24, 2.45) is 0 Å². The summed E-state index contributed by atoms with van der Waals surface area (Å²) >= 11 is 3.03. The number of aliphatic carboxylic acids is 1. The minimum Gasteiger partial charge on any atom is -0.481 e. The fraction of sp³-hybridized carbons (Fsp3) is 0.750. The fourth-order valence-electron chi connectivity index (χ4n) is 1.31. The van der Waals surface area contributed by atoms with E-state index in [1.165, 1.54) is 0 Å². The molecule has 0 radical (unpaired) electrons. The maximum absolute atomic E-state index is 11.5. The van der Waals surface area contributed by atoms with E-state index in [1.54, 1.807) is 20.8 Å². The molecule has 1 unspecified atom stereocenters. The first-order valence-electron chi connectivity index (χ1n) is 5.93. The molecule has 110 valence electrons. The van der Waals surface area contributed by atoms with Crippen LogP contribution in [0.4, 0.5) is 4.79 Å². The second kappa shape index (κ2) is 8.14. The molecule has 0 aliphatic rings. The lowest BCUT2D eigenvalue weighted by Crippen LogP contribution is -2.40. The van der Waals surface area contributed by atoms with Gasteiger partial charge in [0.15, 0.2) is 0 Å². The Morgan fingerprint density at radius 2 is 1.89 bits per heavy atom. The molecule has 0 saturated carbocycles. The van der Waals surface area contributed by atoms with Crippen LogP contribution in [0.1, 0.15) is 40.0 Å². The summed E-state index contributed by atoms with van der Waals surface area (Å²) in [5.41, 5.74) is -0.649. The number of carbonyl (C=O) groups excluding carboxylic acids is 2. The minimum atomic E-state index is -1.03. The van der Waals surface area contributed by atoms with Crippen molar-refractivity contribution in [3.05, 3.63) is 0 Å². The predicted octanol–water partition coefficient (Wildman–Crippen LogP) is 2.10. The number of alkyl carbamates (subject to hydrolysis) is 1. The van der Waals surface area contributed by atoms with Crippen molar-refractivity contribution in [2.45, 2.75) is 51.7 Å². The van der Waals surface area contributed by atoms with Crippen LogP contribution in [-0.4, -0.2) is 39.9 Å². The zero-order chi connectivity index (χ0) is 15.1. The van der Waals surface area contributed by atoms with Gasteiger partial charge in [-0.2, -0.15) is 0 Å². The molecule has 0 fully saturated rings. The molecule has 2 N–H and O–H groups in total. The van der Waals surface area contributed by atoms with Gasteiger partial charge in [0, 0.05) is 12.5 Å². The lowest BCUT2D eigenvalue weighted by molar-refractivity contribution is -0.137. The second-order valence-corrected chi connectivity index (χ2v) is 5.71. The molecule has 0 saturated heterocycles. The van der Waals surface area contributed by atoms with Crippen molar-refractivity contribution in [3.63, 3.8) is 0 Å². The zero-order valence-corrected chi connectivity index (χ0v) is 12.9. The summed E-state index contributed by atoms with van der Waals surface area (Å²) in [5.74, 6) is -1.08. The Balaban J connectivity index is 4.38. The molecule has 7 heteroatoms. The van der Waals surface area contributed by atoms with E-state index in [1.807, 2.05) is 0 Å². The van der Waals surface area contributed by atoms with Gasteiger partial charge in [-0.1, -0.05) is 15.9 Å². The number of alkyl halides is 1. The topological polar surface area (TPSA) is 92.7 Å². The molecule has 0 aromatic heterocycles. The second-order valence-electron chi connectivity index (χ2n) is 5.15. The quantitative estimate of drug-likeness (QED) is 0.694.